The Morgan fingerprint density at radius 2 is 1.96 bits per heavy atom. The number of benzene rings is 2. The summed E-state index contributed by atoms with van der Waals surface area (Å²) in [6.07, 6.45) is 2.02. The fourth-order valence-electron chi connectivity index (χ4n) is 3.46. The molecule has 1 fully saturated rings. The first kappa shape index (κ1) is 18.8. The largest absolute Gasteiger partial charge is 0.496 e. The van der Waals surface area contributed by atoms with E-state index in [1.54, 1.807) is 18.9 Å². The van der Waals surface area contributed by atoms with Gasteiger partial charge in [0, 0.05) is 10.5 Å². The predicted molar refractivity (Wildman–Crippen MR) is 106 cm³/mol. The third-order valence-corrected chi connectivity index (χ3v) is 5.66. The van der Waals surface area contributed by atoms with Crippen LogP contribution in [0.1, 0.15) is 21.5 Å². The third-order valence-electron chi connectivity index (χ3n) is 4.93. The van der Waals surface area contributed by atoms with Crippen LogP contribution in [0.25, 0.3) is 0 Å². The van der Waals surface area contributed by atoms with Gasteiger partial charge in [-0.2, -0.15) is 0 Å². The molecule has 0 atom stereocenters. The van der Waals surface area contributed by atoms with Gasteiger partial charge in [-0.15, -0.1) is 11.8 Å². The molecule has 138 valence electrons. The number of carbonyl (C=O) groups is 1. The minimum Gasteiger partial charge on any atom is -0.496 e. The Labute approximate surface area is 160 Å². The molecule has 0 bridgehead atoms. The first-order valence-electron chi connectivity index (χ1n) is 9.01. The molecule has 0 aromatic heterocycles. The van der Waals surface area contributed by atoms with Crippen molar-refractivity contribution in [1.82, 2.24) is 4.90 Å². The molecule has 0 saturated carbocycles. The summed E-state index contributed by atoms with van der Waals surface area (Å²) in [5, 5.41) is 0. The van der Waals surface area contributed by atoms with E-state index in [9.17, 15) is 4.79 Å². The van der Waals surface area contributed by atoms with Gasteiger partial charge in [0.2, 0.25) is 0 Å². The van der Waals surface area contributed by atoms with Gasteiger partial charge in [-0.05, 0) is 31.4 Å². The monoisotopic (exact) mass is 371 g/mol. The quantitative estimate of drug-likeness (QED) is 0.819. The lowest BCUT2D eigenvalue weighted by Gasteiger charge is -2.32. The van der Waals surface area contributed by atoms with Crippen LogP contribution in [0.2, 0.25) is 0 Å². The number of nitrogens with zero attached hydrogens (tertiary/aromatic N) is 1. The van der Waals surface area contributed by atoms with Crippen LogP contribution in [0.4, 0.5) is 0 Å². The van der Waals surface area contributed by atoms with Gasteiger partial charge in [-0.25, -0.2) is 0 Å². The van der Waals surface area contributed by atoms with E-state index in [1.165, 1.54) is 16.0 Å². The molecule has 1 N–H and O–H groups in total. The second-order valence-electron chi connectivity index (χ2n) is 6.77. The maximum atomic E-state index is 12.9. The Balaban J connectivity index is 1.62. The van der Waals surface area contributed by atoms with Gasteiger partial charge >= 0.3 is 0 Å². The van der Waals surface area contributed by atoms with E-state index in [1.807, 2.05) is 29.4 Å². The van der Waals surface area contributed by atoms with Crippen LogP contribution in [0.5, 0.6) is 5.75 Å². The zero-order valence-electron chi connectivity index (χ0n) is 15.7. The van der Waals surface area contributed by atoms with Crippen molar-refractivity contribution < 1.29 is 14.4 Å². The van der Waals surface area contributed by atoms with Gasteiger partial charge in [-0.3, -0.25) is 4.79 Å². The summed E-state index contributed by atoms with van der Waals surface area (Å²) in [5.74, 6) is 0.737. The summed E-state index contributed by atoms with van der Waals surface area (Å²) < 4.78 is 5.45. The Morgan fingerprint density at radius 1 is 1.19 bits per heavy atom. The van der Waals surface area contributed by atoms with Crippen molar-refractivity contribution in [3.05, 3.63) is 59.2 Å². The molecule has 3 rings (SSSR count). The molecule has 26 heavy (non-hydrogen) atoms. The van der Waals surface area contributed by atoms with Crippen LogP contribution < -0.4 is 9.64 Å². The highest BCUT2D eigenvalue weighted by Gasteiger charge is 2.26. The number of piperazine rings is 1. The number of quaternary nitrogens is 1. The topological polar surface area (TPSA) is 34.0 Å². The average molecular weight is 372 g/mol. The number of hydrogen-bond acceptors (Lipinski definition) is 3. The van der Waals surface area contributed by atoms with Gasteiger partial charge in [0.05, 0.1) is 38.9 Å². The second-order valence-corrected chi connectivity index (χ2v) is 7.65. The van der Waals surface area contributed by atoms with Crippen molar-refractivity contribution in [1.29, 1.82) is 0 Å². The van der Waals surface area contributed by atoms with Gasteiger partial charge < -0.3 is 14.5 Å². The summed E-state index contributed by atoms with van der Waals surface area (Å²) in [7, 11) is 1.63. The summed E-state index contributed by atoms with van der Waals surface area (Å²) in [4.78, 5) is 17.5. The number of amides is 1. The molecule has 1 amide bonds. The third kappa shape index (κ3) is 4.40. The lowest BCUT2D eigenvalue weighted by molar-refractivity contribution is -0.917. The van der Waals surface area contributed by atoms with Crippen LogP contribution in [-0.4, -0.2) is 50.4 Å². The van der Waals surface area contributed by atoms with Crippen LogP contribution in [0.3, 0.4) is 0 Å². The molecular formula is C21H27N2O2S+. The standard InChI is InChI=1S/C21H26N2O2S/c1-16-5-4-6-17(13-16)15-22-9-11-23(12-10-22)21(24)19-8-7-18(26-3)14-20(19)25-2/h4-8,13-14H,9-12,15H2,1-3H3/p+1. The number of nitrogens with one attached hydrogen (secondary N) is 1. The van der Waals surface area contributed by atoms with E-state index in [0.29, 0.717) is 11.3 Å². The Bertz CT molecular complexity index is 770. The van der Waals surface area contributed by atoms with Crippen molar-refractivity contribution >= 4 is 17.7 Å². The van der Waals surface area contributed by atoms with E-state index < -0.39 is 0 Å². The zero-order chi connectivity index (χ0) is 18.5. The van der Waals surface area contributed by atoms with Crippen molar-refractivity contribution in [2.75, 3.05) is 39.5 Å². The lowest BCUT2D eigenvalue weighted by atomic mass is 10.1. The number of rotatable bonds is 5. The summed E-state index contributed by atoms with van der Waals surface area (Å²) in [6.45, 7) is 6.68. The molecule has 4 nitrogen and oxygen atoms in total. The predicted octanol–water partition coefficient (Wildman–Crippen LogP) is 2.27. The van der Waals surface area contributed by atoms with Gasteiger partial charge in [0.1, 0.15) is 12.3 Å². The van der Waals surface area contributed by atoms with Crippen LogP contribution in [-0.2, 0) is 6.54 Å². The Kier molecular flexibility index (Phi) is 6.22. The number of ether oxygens (including phenoxy) is 1. The molecule has 0 spiro atoms. The maximum Gasteiger partial charge on any atom is 0.258 e. The highest BCUT2D eigenvalue weighted by molar-refractivity contribution is 7.98. The molecule has 2 aromatic carbocycles. The van der Waals surface area contributed by atoms with Crippen molar-refractivity contribution in [3.8, 4) is 5.75 Å². The number of thioether (sulfide) groups is 1. The molecule has 2 aromatic rings. The second kappa shape index (κ2) is 8.60. The highest BCUT2D eigenvalue weighted by atomic mass is 32.2. The minimum atomic E-state index is 0.0732. The molecule has 0 unspecified atom stereocenters. The fourth-order valence-corrected chi connectivity index (χ4v) is 3.89. The molecule has 0 aliphatic carbocycles. The van der Waals surface area contributed by atoms with E-state index in [2.05, 4.69) is 31.2 Å². The number of methoxy groups -OCH3 is 1. The fraction of sp³-hybridized carbons (Fsp3) is 0.381. The number of aryl methyl sites for hydroxylation is 1. The van der Waals surface area contributed by atoms with Gasteiger partial charge in [0.25, 0.3) is 5.91 Å². The minimum absolute atomic E-state index is 0.0732. The van der Waals surface area contributed by atoms with Crippen molar-refractivity contribution in [2.45, 2.75) is 18.4 Å². The summed E-state index contributed by atoms with van der Waals surface area (Å²) >= 11 is 1.65. The Hall–Kier alpha value is -1.98. The average Bonchev–Trinajstić information content (AvgIpc) is 2.67. The Morgan fingerprint density at radius 3 is 2.62 bits per heavy atom. The first-order valence-corrected chi connectivity index (χ1v) is 10.2. The van der Waals surface area contributed by atoms with E-state index in [4.69, 9.17) is 4.74 Å². The van der Waals surface area contributed by atoms with Gasteiger partial charge in [-0.1, -0.05) is 29.8 Å². The molecule has 5 heteroatoms. The number of carbonyl (C=O) groups excluding carboxylic acids is 1. The van der Waals surface area contributed by atoms with E-state index >= 15 is 0 Å². The number of hydrogen-bond donors (Lipinski definition) is 1. The molecule has 1 aliphatic rings. The van der Waals surface area contributed by atoms with Crippen LogP contribution in [0.15, 0.2) is 47.4 Å². The molecule has 0 radical (unpaired) electrons. The molecule has 1 heterocycles. The zero-order valence-corrected chi connectivity index (χ0v) is 16.6. The highest BCUT2D eigenvalue weighted by Crippen LogP contribution is 2.26. The van der Waals surface area contributed by atoms with E-state index in [-0.39, 0.29) is 5.91 Å². The lowest BCUT2D eigenvalue weighted by Crippen LogP contribution is -3.13. The van der Waals surface area contributed by atoms with Crippen molar-refractivity contribution in [2.24, 2.45) is 0 Å². The first-order chi connectivity index (χ1) is 12.6. The molecule has 1 aliphatic heterocycles. The maximum absolute atomic E-state index is 12.9. The smallest absolute Gasteiger partial charge is 0.258 e. The molecular weight excluding hydrogens is 344 g/mol. The normalized spacial score (nSPS) is 15.1. The van der Waals surface area contributed by atoms with Crippen LogP contribution in [0, 0.1) is 6.92 Å². The SMILES string of the molecule is COc1cc(SC)ccc1C(=O)N1CC[NH+](Cc2cccc(C)c2)CC1. The van der Waals surface area contributed by atoms with Crippen LogP contribution >= 0.6 is 11.8 Å². The van der Waals surface area contributed by atoms with Gasteiger partial charge in [0.15, 0.2) is 0 Å². The van der Waals surface area contributed by atoms with Crippen molar-refractivity contribution in [3.63, 3.8) is 0 Å². The van der Waals surface area contributed by atoms with E-state index in [0.717, 1.165) is 37.6 Å². The molecule has 1 saturated heterocycles. The summed E-state index contributed by atoms with van der Waals surface area (Å²) in [5.41, 5.74) is 3.33. The summed E-state index contributed by atoms with van der Waals surface area (Å²) in [6, 6.07) is 14.5.